The van der Waals surface area contributed by atoms with E-state index in [2.05, 4.69) is 5.10 Å². The van der Waals surface area contributed by atoms with Crippen LogP contribution < -0.4 is 11.3 Å². The molecule has 1 aromatic heterocycles. The normalized spacial score (nSPS) is 11.5. The molecule has 1 heterocycles. The van der Waals surface area contributed by atoms with Crippen LogP contribution in [0.2, 0.25) is 0 Å². The molecule has 4 aromatic rings. The van der Waals surface area contributed by atoms with Gasteiger partial charge in [-0.2, -0.15) is 9.78 Å². The highest BCUT2D eigenvalue weighted by Gasteiger charge is 2.28. The maximum absolute atomic E-state index is 13.6. The Bertz CT molecular complexity index is 1550. The highest BCUT2D eigenvalue weighted by Crippen LogP contribution is 2.36. The van der Waals surface area contributed by atoms with Crippen molar-refractivity contribution in [2.75, 3.05) is 18.1 Å². The van der Waals surface area contributed by atoms with Crippen molar-refractivity contribution in [2.45, 2.75) is 18.9 Å². The number of nitrogens with two attached hydrogens (primary N) is 1. The number of hydrogen-bond acceptors (Lipinski definition) is 7. The minimum Gasteiger partial charge on any atom is -0.462 e. The van der Waals surface area contributed by atoms with Gasteiger partial charge in [0.1, 0.15) is 0 Å². The first-order chi connectivity index (χ1) is 16.3. The molecule has 9 heteroatoms. The number of hydrogen-bond donors (Lipinski definition) is 1. The fourth-order valence-electron chi connectivity index (χ4n) is 3.78. The molecule has 174 valence electrons. The van der Waals surface area contributed by atoms with Crippen molar-refractivity contribution in [2.24, 2.45) is 0 Å². The SMILES string of the molecule is CCOC(=O)c1c(-c2ccccc2)cc2c(S(=O)(=O)CC)nn(-c3ccccc3)c(=O)c2c1N. The van der Waals surface area contributed by atoms with Gasteiger partial charge in [-0.1, -0.05) is 55.5 Å². The number of carbonyl (C=O) groups excluding carboxylic acids is 1. The number of fused-ring (bicyclic) bond motifs is 1. The van der Waals surface area contributed by atoms with E-state index in [1.807, 2.05) is 6.07 Å². The highest BCUT2D eigenvalue weighted by atomic mass is 32.2. The van der Waals surface area contributed by atoms with E-state index < -0.39 is 21.4 Å². The number of esters is 1. The summed E-state index contributed by atoms with van der Waals surface area (Å²) >= 11 is 0. The van der Waals surface area contributed by atoms with E-state index in [9.17, 15) is 18.0 Å². The summed E-state index contributed by atoms with van der Waals surface area (Å²) in [5.74, 6) is -0.939. The number of nitrogen functional groups attached to an aromatic ring is 1. The van der Waals surface area contributed by atoms with Crippen LogP contribution in [0.3, 0.4) is 0 Å². The molecule has 34 heavy (non-hydrogen) atoms. The lowest BCUT2D eigenvalue weighted by atomic mass is 9.94. The lowest BCUT2D eigenvalue weighted by Crippen LogP contribution is -2.26. The summed E-state index contributed by atoms with van der Waals surface area (Å²) in [5, 5.41) is 3.92. The molecule has 8 nitrogen and oxygen atoms in total. The van der Waals surface area contributed by atoms with Gasteiger partial charge in [0.25, 0.3) is 5.56 Å². The molecule has 0 saturated carbocycles. The Hall–Kier alpha value is -3.98. The maximum atomic E-state index is 13.6. The van der Waals surface area contributed by atoms with E-state index >= 15 is 0 Å². The van der Waals surface area contributed by atoms with Crippen molar-refractivity contribution < 1.29 is 17.9 Å². The van der Waals surface area contributed by atoms with E-state index in [1.165, 1.54) is 13.0 Å². The molecule has 0 bridgehead atoms. The van der Waals surface area contributed by atoms with Crippen molar-refractivity contribution in [3.8, 4) is 16.8 Å². The number of aromatic nitrogens is 2. The summed E-state index contributed by atoms with van der Waals surface area (Å²) in [4.78, 5) is 26.5. The first-order valence-corrected chi connectivity index (χ1v) is 12.4. The monoisotopic (exact) mass is 477 g/mol. The molecule has 0 aliphatic heterocycles. The number of anilines is 1. The van der Waals surface area contributed by atoms with E-state index in [1.54, 1.807) is 61.5 Å². The van der Waals surface area contributed by atoms with Crippen molar-refractivity contribution >= 4 is 32.3 Å². The Balaban J connectivity index is 2.23. The van der Waals surface area contributed by atoms with Gasteiger partial charge in [0.15, 0.2) is 14.9 Å². The van der Waals surface area contributed by atoms with Crippen LogP contribution in [0.1, 0.15) is 24.2 Å². The molecule has 0 atom stereocenters. The number of benzene rings is 3. The second-order valence-electron chi connectivity index (χ2n) is 7.48. The molecule has 0 saturated heterocycles. The third kappa shape index (κ3) is 3.94. The summed E-state index contributed by atoms with van der Waals surface area (Å²) < 4.78 is 32.4. The van der Waals surface area contributed by atoms with Gasteiger partial charge in [0.2, 0.25) is 0 Å². The van der Waals surface area contributed by atoms with Crippen molar-refractivity contribution in [1.82, 2.24) is 9.78 Å². The number of nitrogens with zero attached hydrogens (tertiary/aromatic N) is 2. The van der Waals surface area contributed by atoms with Crippen LogP contribution in [0.5, 0.6) is 0 Å². The second kappa shape index (κ2) is 9.11. The Morgan fingerprint density at radius 1 is 1.03 bits per heavy atom. The van der Waals surface area contributed by atoms with Gasteiger partial charge < -0.3 is 10.5 Å². The number of para-hydroxylation sites is 1. The number of carbonyl (C=O) groups is 1. The quantitative estimate of drug-likeness (QED) is 0.333. The molecule has 0 fully saturated rings. The molecule has 0 aliphatic carbocycles. The molecule has 4 rings (SSSR count). The number of sulfone groups is 1. The Morgan fingerprint density at radius 2 is 1.65 bits per heavy atom. The van der Waals surface area contributed by atoms with Crippen LogP contribution in [-0.4, -0.2) is 36.5 Å². The first kappa shape index (κ1) is 23.2. The fraction of sp³-hybridized carbons (Fsp3) is 0.160. The molecule has 3 aromatic carbocycles. The van der Waals surface area contributed by atoms with Gasteiger partial charge in [-0.05, 0) is 36.2 Å². The van der Waals surface area contributed by atoms with E-state index in [4.69, 9.17) is 10.5 Å². The fourth-order valence-corrected chi connectivity index (χ4v) is 4.75. The molecule has 0 unspecified atom stereocenters. The van der Waals surface area contributed by atoms with E-state index in [-0.39, 0.29) is 39.4 Å². The second-order valence-corrected chi connectivity index (χ2v) is 9.68. The molecule has 0 amide bonds. The summed E-state index contributed by atoms with van der Waals surface area (Å²) in [5.41, 5.74) is 7.00. The zero-order chi connectivity index (χ0) is 24.5. The lowest BCUT2D eigenvalue weighted by molar-refractivity contribution is 0.0528. The Morgan fingerprint density at radius 3 is 2.24 bits per heavy atom. The van der Waals surface area contributed by atoms with Crippen LogP contribution in [0.25, 0.3) is 27.6 Å². The highest BCUT2D eigenvalue weighted by molar-refractivity contribution is 7.91. The van der Waals surface area contributed by atoms with Crippen molar-refractivity contribution in [1.29, 1.82) is 0 Å². The molecule has 2 N–H and O–H groups in total. The van der Waals surface area contributed by atoms with Crippen LogP contribution >= 0.6 is 0 Å². The van der Waals surface area contributed by atoms with Gasteiger partial charge in [-0.25, -0.2) is 13.2 Å². The molecular formula is C25H23N3O5S. The maximum Gasteiger partial charge on any atom is 0.340 e. The average molecular weight is 478 g/mol. The van der Waals surface area contributed by atoms with E-state index in [0.29, 0.717) is 16.8 Å². The Kier molecular flexibility index (Phi) is 6.21. The first-order valence-electron chi connectivity index (χ1n) is 10.7. The predicted octanol–water partition coefficient (Wildman–Crippen LogP) is 3.61. The molecule has 0 aliphatic rings. The smallest absolute Gasteiger partial charge is 0.340 e. The van der Waals surface area contributed by atoms with Gasteiger partial charge in [0.05, 0.1) is 34.7 Å². The standard InChI is InChI=1S/C25H23N3O5S/c1-3-33-25(30)21-18(16-11-7-5-8-12-16)15-19-20(22(21)26)24(29)28(17-13-9-6-10-14-17)27-23(19)34(31,32)4-2/h5-15H,3-4,26H2,1-2H3. The zero-order valence-electron chi connectivity index (χ0n) is 18.7. The minimum absolute atomic E-state index is 0.00306. The van der Waals surface area contributed by atoms with Gasteiger partial charge in [0, 0.05) is 5.39 Å². The number of ether oxygens (including phenoxy) is 1. The zero-order valence-corrected chi connectivity index (χ0v) is 19.5. The van der Waals surface area contributed by atoms with Crippen molar-refractivity contribution in [3.63, 3.8) is 0 Å². The van der Waals surface area contributed by atoms with E-state index in [0.717, 1.165) is 4.68 Å². The van der Waals surface area contributed by atoms with Gasteiger partial charge >= 0.3 is 5.97 Å². The van der Waals surface area contributed by atoms with Gasteiger partial charge in [-0.15, -0.1) is 0 Å². The Labute approximate surface area is 196 Å². The average Bonchev–Trinajstić information content (AvgIpc) is 2.85. The predicted molar refractivity (Wildman–Crippen MR) is 131 cm³/mol. The lowest BCUT2D eigenvalue weighted by Gasteiger charge is -2.17. The van der Waals surface area contributed by atoms with Crippen LogP contribution in [-0.2, 0) is 14.6 Å². The van der Waals surface area contributed by atoms with Crippen LogP contribution in [0.15, 0.2) is 76.6 Å². The minimum atomic E-state index is -3.87. The summed E-state index contributed by atoms with van der Waals surface area (Å²) in [7, 11) is -3.87. The summed E-state index contributed by atoms with van der Waals surface area (Å²) in [6.07, 6.45) is 0. The molecular weight excluding hydrogens is 454 g/mol. The summed E-state index contributed by atoms with van der Waals surface area (Å²) in [6.45, 7) is 3.26. The van der Waals surface area contributed by atoms with Crippen molar-refractivity contribution in [3.05, 3.63) is 82.6 Å². The molecule has 0 spiro atoms. The van der Waals surface area contributed by atoms with Crippen LogP contribution in [0, 0.1) is 0 Å². The van der Waals surface area contributed by atoms with Gasteiger partial charge in [-0.3, -0.25) is 4.79 Å². The third-order valence-corrected chi connectivity index (χ3v) is 7.08. The summed E-state index contributed by atoms with van der Waals surface area (Å²) in [6, 6.07) is 18.8. The van der Waals surface area contributed by atoms with Crippen LogP contribution in [0.4, 0.5) is 5.69 Å². The largest absolute Gasteiger partial charge is 0.462 e. The number of rotatable bonds is 6. The third-order valence-electron chi connectivity index (χ3n) is 5.43. The topological polar surface area (TPSA) is 121 Å². The molecule has 0 radical (unpaired) electrons.